The van der Waals surface area contributed by atoms with Crippen LogP contribution in [-0.4, -0.2) is 15.6 Å². The van der Waals surface area contributed by atoms with Crippen LogP contribution in [0, 0.1) is 13.8 Å². The van der Waals surface area contributed by atoms with E-state index in [1.54, 1.807) is 24.0 Å². The van der Waals surface area contributed by atoms with Gasteiger partial charge in [-0.25, -0.2) is 0 Å². The minimum atomic E-state index is -0.0209. The largest absolute Gasteiger partial charge is 0.287 e. The van der Waals surface area contributed by atoms with Crippen molar-refractivity contribution in [2.75, 3.05) is 0 Å². The van der Waals surface area contributed by atoms with Gasteiger partial charge in [-0.15, -0.1) is 0 Å². The van der Waals surface area contributed by atoms with Gasteiger partial charge in [0.15, 0.2) is 0 Å². The number of carbonyl (C=O) groups is 1. The number of rotatable bonds is 2. The molecule has 0 aliphatic heterocycles. The zero-order chi connectivity index (χ0) is 11.7. The van der Waals surface area contributed by atoms with E-state index in [2.05, 4.69) is 11.2 Å². The molecular formula is C13H14N2O. The third-order valence-corrected chi connectivity index (χ3v) is 2.43. The molecule has 0 saturated heterocycles. The molecule has 0 N–H and O–H groups in total. The highest BCUT2D eigenvalue weighted by Gasteiger charge is 2.12. The maximum atomic E-state index is 12.1. The van der Waals surface area contributed by atoms with Crippen LogP contribution in [0.2, 0.25) is 0 Å². The van der Waals surface area contributed by atoms with E-state index in [9.17, 15) is 4.79 Å². The van der Waals surface area contributed by atoms with E-state index in [-0.39, 0.29) is 5.78 Å². The third kappa shape index (κ3) is 2.03. The lowest BCUT2D eigenvalue weighted by Crippen LogP contribution is -2.04. The van der Waals surface area contributed by atoms with Crippen LogP contribution in [0.1, 0.15) is 27.2 Å². The number of hydrogen-bond acceptors (Lipinski definition) is 2. The Hall–Kier alpha value is -1.90. The van der Waals surface area contributed by atoms with Crippen LogP contribution in [0.25, 0.3) is 0 Å². The summed E-state index contributed by atoms with van der Waals surface area (Å²) >= 11 is 0. The molecule has 0 spiro atoms. The van der Waals surface area contributed by atoms with E-state index >= 15 is 0 Å². The molecule has 0 amide bonds. The first-order valence-electron chi connectivity index (χ1n) is 5.19. The molecule has 3 nitrogen and oxygen atoms in total. The van der Waals surface area contributed by atoms with Gasteiger partial charge in [-0.1, -0.05) is 17.2 Å². The number of hydrogen-bond donors (Lipinski definition) is 0. The van der Waals surface area contributed by atoms with Gasteiger partial charge >= 0.3 is 0 Å². The molecule has 0 aliphatic carbocycles. The Balaban J connectivity index is 2.41. The summed E-state index contributed by atoms with van der Waals surface area (Å²) < 4.78 is 1.63. The molecule has 1 heterocycles. The Morgan fingerprint density at radius 1 is 1.19 bits per heavy atom. The average Bonchev–Trinajstić information content (AvgIpc) is 2.62. The maximum Gasteiger partial charge on any atom is 0.213 e. The minimum absolute atomic E-state index is 0.0209. The molecule has 0 aliphatic rings. The Morgan fingerprint density at radius 3 is 2.31 bits per heavy atom. The molecular weight excluding hydrogens is 200 g/mol. The second-order valence-electron chi connectivity index (χ2n) is 4.08. The minimum Gasteiger partial charge on any atom is -0.287 e. The van der Waals surface area contributed by atoms with Crippen LogP contribution in [0.15, 0.2) is 30.5 Å². The van der Waals surface area contributed by atoms with Gasteiger partial charge in [-0.3, -0.25) is 9.48 Å². The van der Waals surface area contributed by atoms with Gasteiger partial charge in [0.25, 0.3) is 0 Å². The van der Waals surface area contributed by atoms with E-state index in [4.69, 9.17) is 0 Å². The van der Waals surface area contributed by atoms with Crippen molar-refractivity contribution in [1.82, 2.24) is 9.78 Å². The van der Waals surface area contributed by atoms with E-state index < -0.39 is 0 Å². The van der Waals surface area contributed by atoms with Crippen molar-refractivity contribution < 1.29 is 4.79 Å². The molecule has 0 radical (unpaired) electrons. The third-order valence-electron chi connectivity index (χ3n) is 2.43. The van der Waals surface area contributed by atoms with Gasteiger partial charge in [0.2, 0.25) is 5.78 Å². The molecule has 1 aromatic carbocycles. The van der Waals surface area contributed by atoms with Crippen molar-refractivity contribution >= 4 is 5.78 Å². The molecule has 3 heteroatoms. The van der Waals surface area contributed by atoms with Crippen molar-refractivity contribution in [3.05, 3.63) is 52.8 Å². The average molecular weight is 214 g/mol. The maximum absolute atomic E-state index is 12.1. The highest BCUT2D eigenvalue weighted by molar-refractivity contribution is 6.07. The predicted molar refractivity (Wildman–Crippen MR) is 62.6 cm³/mol. The van der Waals surface area contributed by atoms with Gasteiger partial charge in [0.1, 0.15) is 5.69 Å². The lowest BCUT2D eigenvalue weighted by molar-refractivity contribution is 0.103. The fourth-order valence-electron chi connectivity index (χ4n) is 1.79. The van der Waals surface area contributed by atoms with Gasteiger partial charge in [-0.2, -0.15) is 5.10 Å². The first-order chi connectivity index (χ1) is 7.56. The van der Waals surface area contributed by atoms with Crippen LogP contribution < -0.4 is 0 Å². The fraction of sp³-hybridized carbons (Fsp3) is 0.231. The molecule has 82 valence electrons. The molecule has 2 rings (SSSR count). The van der Waals surface area contributed by atoms with Crippen molar-refractivity contribution in [2.24, 2.45) is 7.05 Å². The highest BCUT2D eigenvalue weighted by Crippen LogP contribution is 2.12. The normalized spacial score (nSPS) is 10.4. The zero-order valence-electron chi connectivity index (χ0n) is 9.69. The molecule has 16 heavy (non-hydrogen) atoms. The Morgan fingerprint density at radius 2 is 1.81 bits per heavy atom. The monoisotopic (exact) mass is 214 g/mol. The molecule has 0 bridgehead atoms. The SMILES string of the molecule is Cc1cc(C)cc(C(=O)c2ccn(C)n2)c1. The second-order valence-corrected chi connectivity index (χ2v) is 4.08. The summed E-state index contributed by atoms with van der Waals surface area (Å²) in [5, 5.41) is 4.11. The first-order valence-corrected chi connectivity index (χ1v) is 5.19. The van der Waals surface area contributed by atoms with Crippen LogP contribution in [0.3, 0.4) is 0 Å². The van der Waals surface area contributed by atoms with Gasteiger partial charge in [0, 0.05) is 18.8 Å². The van der Waals surface area contributed by atoms with Crippen LogP contribution in [-0.2, 0) is 7.05 Å². The fourth-order valence-corrected chi connectivity index (χ4v) is 1.79. The van der Waals surface area contributed by atoms with Crippen molar-refractivity contribution in [1.29, 1.82) is 0 Å². The number of nitrogens with zero attached hydrogens (tertiary/aromatic N) is 2. The molecule has 0 fully saturated rings. The van der Waals surface area contributed by atoms with Gasteiger partial charge < -0.3 is 0 Å². The quantitative estimate of drug-likeness (QED) is 0.719. The number of aryl methyl sites for hydroxylation is 3. The van der Waals surface area contributed by atoms with Gasteiger partial charge in [0.05, 0.1) is 0 Å². The van der Waals surface area contributed by atoms with Crippen LogP contribution in [0.5, 0.6) is 0 Å². The summed E-state index contributed by atoms with van der Waals surface area (Å²) in [6, 6.07) is 7.57. The summed E-state index contributed by atoms with van der Waals surface area (Å²) in [4.78, 5) is 12.1. The standard InChI is InChI=1S/C13H14N2O/c1-9-6-10(2)8-11(7-9)13(16)12-4-5-15(3)14-12/h4-8H,1-3H3. The summed E-state index contributed by atoms with van der Waals surface area (Å²) in [5.74, 6) is -0.0209. The van der Waals surface area contributed by atoms with Crippen molar-refractivity contribution in [2.45, 2.75) is 13.8 Å². The van der Waals surface area contributed by atoms with Crippen molar-refractivity contribution in [3.63, 3.8) is 0 Å². The smallest absolute Gasteiger partial charge is 0.213 e. The van der Waals surface area contributed by atoms with Crippen molar-refractivity contribution in [3.8, 4) is 0 Å². The predicted octanol–water partition coefficient (Wildman–Crippen LogP) is 2.27. The van der Waals surface area contributed by atoms with Crippen LogP contribution >= 0.6 is 0 Å². The van der Waals surface area contributed by atoms with E-state index in [0.29, 0.717) is 11.3 Å². The Labute approximate surface area is 94.7 Å². The molecule has 1 aromatic heterocycles. The summed E-state index contributed by atoms with van der Waals surface area (Å²) in [5.41, 5.74) is 3.39. The zero-order valence-corrected chi connectivity index (χ0v) is 9.69. The summed E-state index contributed by atoms with van der Waals surface area (Å²) in [6.07, 6.45) is 1.77. The number of carbonyl (C=O) groups excluding carboxylic acids is 1. The number of benzene rings is 1. The van der Waals surface area contributed by atoms with E-state index in [1.807, 2.05) is 26.0 Å². The highest BCUT2D eigenvalue weighted by atomic mass is 16.1. The second kappa shape index (κ2) is 3.93. The van der Waals surface area contributed by atoms with Crippen LogP contribution in [0.4, 0.5) is 0 Å². The lowest BCUT2D eigenvalue weighted by atomic mass is 10.0. The molecule has 0 unspecified atom stereocenters. The first kappa shape index (κ1) is 10.6. The molecule has 0 atom stereocenters. The van der Waals surface area contributed by atoms with E-state index in [1.165, 1.54) is 0 Å². The Kier molecular flexibility index (Phi) is 2.60. The summed E-state index contributed by atoms with van der Waals surface area (Å²) in [7, 11) is 1.80. The Bertz CT molecular complexity index is 520. The lowest BCUT2D eigenvalue weighted by Gasteiger charge is -2.02. The topological polar surface area (TPSA) is 34.9 Å². The van der Waals surface area contributed by atoms with E-state index in [0.717, 1.165) is 11.1 Å². The molecule has 0 saturated carbocycles. The number of aromatic nitrogens is 2. The van der Waals surface area contributed by atoms with Gasteiger partial charge in [-0.05, 0) is 32.0 Å². The number of ketones is 1. The molecule has 2 aromatic rings. The summed E-state index contributed by atoms with van der Waals surface area (Å²) in [6.45, 7) is 3.98.